The van der Waals surface area contributed by atoms with Crippen molar-refractivity contribution in [1.29, 1.82) is 0 Å². The molecule has 7 heteroatoms. The number of likely N-dealkylation sites (N-methyl/N-ethyl adjacent to an activating group) is 1. The molecule has 88 valence electrons. The minimum Gasteiger partial charge on any atom is -0.549 e. The van der Waals surface area contributed by atoms with Crippen LogP contribution in [-0.4, -0.2) is 28.8 Å². The number of carbonyl (C=O) groups excluding carboxylic acids is 1. The molecule has 0 aliphatic rings. The van der Waals surface area contributed by atoms with E-state index in [4.69, 9.17) is 4.28 Å². The Morgan fingerprint density at radius 2 is 1.94 bits per heavy atom. The fourth-order valence-electron chi connectivity index (χ4n) is 1.02. The minimum absolute atomic E-state index is 0. The molecule has 17 heavy (non-hydrogen) atoms. The molecule has 0 amide bonds. The van der Waals surface area contributed by atoms with Gasteiger partial charge in [-0.2, -0.15) is 9.35 Å². The van der Waals surface area contributed by atoms with Crippen molar-refractivity contribution in [2.24, 2.45) is 0 Å². The van der Waals surface area contributed by atoms with Crippen molar-refractivity contribution in [2.45, 2.75) is 11.8 Å². The first kappa shape index (κ1) is 16.8. The summed E-state index contributed by atoms with van der Waals surface area (Å²) in [6.07, 6.45) is 0. The van der Waals surface area contributed by atoms with Crippen molar-refractivity contribution in [3.05, 3.63) is 29.8 Å². The number of hydrogen-bond donors (Lipinski definition) is 0. The molecule has 0 saturated carbocycles. The molecular weight excluding hydrogens is 253 g/mol. The maximum atomic E-state index is 11.6. The molecule has 5 nitrogen and oxygen atoms in total. The Kier molecular flexibility index (Phi) is 7.85. The quantitative estimate of drug-likeness (QED) is 0.411. The van der Waals surface area contributed by atoms with Gasteiger partial charge in [-0.05, 0) is 19.1 Å². The molecule has 0 fully saturated rings. The topological polar surface area (TPSA) is 69.7 Å². The average Bonchev–Trinajstić information content (AvgIpc) is 2.16. The van der Waals surface area contributed by atoms with E-state index in [1.165, 1.54) is 7.05 Å². The number of carboxylic acids is 1. The van der Waals surface area contributed by atoms with E-state index in [0.29, 0.717) is 4.90 Å². The van der Waals surface area contributed by atoms with Gasteiger partial charge < -0.3 is 9.90 Å². The van der Waals surface area contributed by atoms with Gasteiger partial charge in [0.25, 0.3) is 0 Å². The first-order valence-corrected chi connectivity index (χ1v) is 5.64. The number of benzene rings is 1. The number of carbonyl (C=O) groups is 1. The van der Waals surface area contributed by atoms with Gasteiger partial charge in [-0.25, -0.2) is 4.21 Å². The second kappa shape index (κ2) is 7.97. The number of rotatable bonds is 5. The molecule has 0 bridgehead atoms. The van der Waals surface area contributed by atoms with E-state index in [1.54, 1.807) is 24.3 Å². The second-order valence-electron chi connectivity index (χ2n) is 3.28. The van der Waals surface area contributed by atoms with E-state index >= 15 is 0 Å². The first-order chi connectivity index (χ1) is 7.49. The summed E-state index contributed by atoms with van der Waals surface area (Å²) in [6.45, 7) is 1.48. The van der Waals surface area contributed by atoms with Gasteiger partial charge in [0, 0.05) is 7.05 Å². The van der Waals surface area contributed by atoms with Gasteiger partial charge in [0.05, 0.1) is 17.4 Å². The van der Waals surface area contributed by atoms with E-state index in [9.17, 15) is 14.1 Å². The van der Waals surface area contributed by atoms with Crippen molar-refractivity contribution in [3.8, 4) is 0 Å². The SMILES string of the molecule is Cc1ccc(S(=O)ON(C)CC(=O)[O-])cc1.[Na+]. The Bertz CT molecular complexity index is 396. The van der Waals surface area contributed by atoms with Crippen LogP contribution < -0.4 is 34.7 Å². The maximum absolute atomic E-state index is 11.6. The largest absolute Gasteiger partial charge is 1.00 e. The molecular formula is C10H12NNaO4S. The summed E-state index contributed by atoms with van der Waals surface area (Å²) in [5.41, 5.74) is 1.05. The predicted molar refractivity (Wildman–Crippen MR) is 56.3 cm³/mol. The molecule has 1 unspecified atom stereocenters. The Morgan fingerprint density at radius 1 is 1.41 bits per heavy atom. The molecule has 0 heterocycles. The summed E-state index contributed by atoms with van der Waals surface area (Å²) in [5.74, 6) is -1.29. The molecule has 0 saturated heterocycles. The number of aliphatic carboxylic acids is 1. The summed E-state index contributed by atoms with van der Waals surface area (Å²) < 4.78 is 16.5. The zero-order valence-corrected chi connectivity index (χ0v) is 12.8. The van der Waals surface area contributed by atoms with Crippen molar-refractivity contribution in [1.82, 2.24) is 5.06 Å². The zero-order valence-electron chi connectivity index (χ0n) is 10.0. The summed E-state index contributed by atoms with van der Waals surface area (Å²) in [7, 11) is 1.38. The smallest absolute Gasteiger partial charge is 0.549 e. The van der Waals surface area contributed by atoms with E-state index in [-0.39, 0.29) is 29.6 Å². The Morgan fingerprint density at radius 3 is 2.41 bits per heavy atom. The van der Waals surface area contributed by atoms with Crippen LogP contribution in [0.3, 0.4) is 0 Å². The van der Waals surface area contributed by atoms with E-state index < -0.39 is 23.6 Å². The van der Waals surface area contributed by atoms with Gasteiger partial charge in [-0.15, -0.1) is 0 Å². The van der Waals surface area contributed by atoms with Crippen molar-refractivity contribution in [3.63, 3.8) is 0 Å². The van der Waals surface area contributed by atoms with Gasteiger partial charge in [-0.3, -0.25) is 0 Å². The Hall–Kier alpha value is -0.240. The number of hydrogen-bond acceptors (Lipinski definition) is 5. The van der Waals surface area contributed by atoms with E-state index in [2.05, 4.69) is 0 Å². The molecule has 0 aliphatic carbocycles. The number of carboxylic acid groups (broad SMARTS) is 1. The third kappa shape index (κ3) is 6.30. The predicted octanol–water partition coefficient (Wildman–Crippen LogP) is -3.37. The zero-order chi connectivity index (χ0) is 12.1. The number of hydroxylamine groups is 2. The molecule has 1 atom stereocenters. The van der Waals surface area contributed by atoms with Crippen LogP contribution in [-0.2, 0) is 20.2 Å². The van der Waals surface area contributed by atoms with Gasteiger partial charge in [0.15, 0.2) is 0 Å². The Labute approximate surface area is 125 Å². The van der Waals surface area contributed by atoms with Crippen LogP contribution in [0.2, 0.25) is 0 Å². The molecule has 0 aromatic heterocycles. The van der Waals surface area contributed by atoms with Crippen LogP contribution in [0.15, 0.2) is 29.2 Å². The van der Waals surface area contributed by atoms with Gasteiger partial charge in [-0.1, -0.05) is 17.7 Å². The molecule has 0 radical (unpaired) electrons. The van der Waals surface area contributed by atoms with Crippen LogP contribution in [0.5, 0.6) is 0 Å². The Balaban J connectivity index is 0.00000256. The van der Waals surface area contributed by atoms with Crippen LogP contribution in [0.4, 0.5) is 0 Å². The summed E-state index contributed by atoms with van der Waals surface area (Å²) in [4.78, 5) is 10.7. The van der Waals surface area contributed by atoms with Crippen LogP contribution in [0.1, 0.15) is 5.56 Å². The molecule has 0 aliphatic heterocycles. The fraction of sp³-hybridized carbons (Fsp3) is 0.300. The maximum Gasteiger partial charge on any atom is 1.00 e. The third-order valence-corrected chi connectivity index (χ3v) is 2.81. The molecule has 1 aromatic rings. The van der Waals surface area contributed by atoms with Crippen LogP contribution >= 0.6 is 0 Å². The van der Waals surface area contributed by atoms with Crippen molar-refractivity contribution < 1.29 is 48.0 Å². The first-order valence-electron chi connectivity index (χ1n) is 4.57. The molecule has 0 N–H and O–H groups in total. The molecule has 0 spiro atoms. The second-order valence-corrected chi connectivity index (χ2v) is 4.37. The summed E-state index contributed by atoms with van der Waals surface area (Å²) in [5, 5.41) is 11.2. The monoisotopic (exact) mass is 265 g/mol. The number of nitrogens with zero attached hydrogens (tertiary/aromatic N) is 1. The fourth-order valence-corrected chi connectivity index (χ4v) is 1.74. The minimum atomic E-state index is -1.70. The molecule has 1 aromatic carbocycles. The van der Waals surface area contributed by atoms with Crippen molar-refractivity contribution in [2.75, 3.05) is 13.6 Å². The van der Waals surface area contributed by atoms with Gasteiger partial charge in [0.2, 0.25) is 11.1 Å². The summed E-state index contributed by atoms with van der Waals surface area (Å²) >= 11 is -1.70. The number of aryl methyl sites for hydroxylation is 1. The summed E-state index contributed by atoms with van der Waals surface area (Å²) in [6, 6.07) is 6.93. The van der Waals surface area contributed by atoms with E-state index in [0.717, 1.165) is 10.6 Å². The average molecular weight is 265 g/mol. The van der Waals surface area contributed by atoms with Gasteiger partial charge in [0.1, 0.15) is 0 Å². The van der Waals surface area contributed by atoms with Crippen LogP contribution in [0.25, 0.3) is 0 Å². The van der Waals surface area contributed by atoms with Crippen LogP contribution in [0, 0.1) is 6.92 Å². The standard InChI is InChI=1S/C10H13NO4S.Na/c1-8-3-5-9(6-4-8)16(14)15-11(2)7-10(12)13;/h3-6H,7H2,1-2H3,(H,12,13);/q;+1/p-1. The third-order valence-electron chi connectivity index (χ3n) is 1.76. The van der Waals surface area contributed by atoms with Gasteiger partial charge >= 0.3 is 29.6 Å². The normalized spacial score (nSPS) is 11.9. The van der Waals surface area contributed by atoms with Crippen molar-refractivity contribution >= 4 is 17.0 Å². The van der Waals surface area contributed by atoms with E-state index in [1.807, 2.05) is 6.92 Å². The molecule has 1 rings (SSSR count).